The maximum atomic E-state index is 13.1. The number of likely N-dealkylation sites (N-methyl/N-ethyl adjacent to an activating group) is 1. The van der Waals surface area contributed by atoms with Crippen molar-refractivity contribution in [2.45, 2.75) is 38.8 Å². The van der Waals surface area contributed by atoms with E-state index in [1.165, 1.54) is 18.4 Å². The molecule has 1 aromatic carbocycles. The second-order valence-corrected chi connectivity index (χ2v) is 6.55. The summed E-state index contributed by atoms with van der Waals surface area (Å²) in [4.78, 5) is 2.28. The summed E-state index contributed by atoms with van der Waals surface area (Å²) >= 11 is 0. The molecule has 0 heterocycles. The number of nitrogens with zero attached hydrogens (tertiary/aromatic N) is 1. The average Bonchev–Trinajstić information content (AvgIpc) is 3.19. The Morgan fingerprint density at radius 1 is 1.20 bits per heavy atom. The van der Waals surface area contributed by atoms with Gasteiger partial charge in [-0.15, -0.1) is 0 Å². The van der Waals surface area contributed by atoms with Gasteiger partial charge in [0.05, 0.1) is 0 Å². The smallest absolute Gasteiger partial charge is 0.123 e. The van der Waals surface area contributed by atoms with Crippen molar-refractivity contribution in [3.63, 3.8) is 0 Å². The van der Waals surface area contributed by atoms with Crippen LogP contribution in [-0.2, 0) is 0 Å². The van der Waals surface area contributed by atoms with Crippen LogP contribution in [0.1, 0.15) is 38.3 Å². The van der Waals surface area contributed by atoms with Gasteiger partial charge in [0.1, 0.15) is 5.82 Å². The van der Waals surface area contributed by atoms with Crippen molar-refractivity contribution in [1.29, 1.82) is 0 Å². The molecule has 0 bridgehead atoms. The summed E-state index contributed by atoms with van der Waals surface area (Å²) in [6.45, 7) is 5.50. The van der Waals surface area contributed by atoms with E-state index in [0.717, 1.165) is 12.5 Å². The molecule has 2 unspecified atom stereocenters. The van der Waals surface area contributed by atoms with Crippen molar-refractivity contribution in [1.82, 2.24) is 10.2 Å². The van der Waals surface area contributed by atoms with Gasteiger partial charge in [0.15, 0.2) is 0 Å². The zero-order valence-electron chi connectivity index (χ0n) is 13.1. The third kappa shape index (κ3) is 4.03. The molecule has 1 aliphatic rings. The zero-order chi connectivity index (χ0) is 14.7. The lowest BCUT2D eigenvalue weighted by Crippen LogP contribution is -2.43. The molecule has 112 valence electrons. The van der Waals surface area contributed by atoms with E-state index in [4.69, 9.17) is 0 Å². The largest absolute Gasteiger partial charge is 0.308 e. The number of benzene rings is 1. The molecule has 2 nitrogen and oxygen atoms in total. The molecule has 1 N–H and O–H groups in total. The van der Waals surface area contributed by atoms with Gasteiger partial charge in [-0.1, -0.05) is 26.0 Å². The number of rotatable bonds is 7. The van der Waals surface area contributed by atoms with Crippen molar-refractivity contribution >= 4 is 0 Å². The molecule has 0 radical (unpaired) electrons. The minimum absolute atomic E-state index is 0.156. The maximum Gasteiger partial charge on any atom is 0.123 e. The molecule has 0 spiro atoms. The number of hydrogen-bond donors (Lipinski definition) is 1. The molecule has 0 amide bonds. The average molecular weight is 278 g/mol. The van der Waals surface area contributed by atoms with E-state index in [9.17, 15) is 4.39 Å². The van der Waals surface area contributed by atoms with Crippen LogP contribution >= 0.6 is 0 Å². The van der Waals surface area contributed by atoms with E-state index in [0.29, 0.717) is 18.0 Å². The molecule has 1 saturated carbocycles. The Labute approximate surface area is 122 Å². The second-order valence-electron chi connectivity index (χ2n) is 6.55. The van der Waals surface area contributed by atoms with E-state index in [-0.39, 0.29) is 5.82 Å². The first-order valence-electron chi connectivity index (χ1n) is 7.64. The van der Waals surface area contributed by atoms with Gasteiger partial charge in [-0.2, -0.15) is 0 Å². The van der Waals surface area contributed by atoms with E-state index in [2.05, 4.69) is 38.2 Å². The van der Waals surface area contributed by atoms with Crippen LogP contribution in [-0.4, -0.2) is 31.6 Å². The molecular formula is C17H27FN2. The lowest BCUT2D eigenvalue weighted by molar-refractivity contribution is 0.216. The molecule has 0 aromatic heterocycles. The summed E-state index contributed by atoms with van der Waals surface area (Å²) in [6, 6.07) is 7.88. The zero-order valence-corrected chi connectivity index (χ0v) is 13.1. The van der Waals surface area contributed by atoms with Gasteiger partial charge in [0.25, 0.3) is 0 Å². The van der Waals surface area contributed by atoms with Crippen molar-refractivity contribution < 1.29 is 4.39 Å². The highest BCUT2D eigenvalue weighted by Crippen LogP contribution is 2.41. The van der Waals surface area contributed by atoms with E-state index < -0.39 is 0 Å². The lowest BCUT2D eigenvalue weighted by Gasteiger charge is -2.30. The molecule has 0 saturated heterocycles. The van der Waals surface area contributed by atoms with Crippen molar-refractivity contribution in [2.75, 3.05) is 20.6 Å². The summed E-state index contributed by atoms with van der Waals surface area (Å²) in [7, 11) is 4.27. The molecule has 2 rings (SSSR count). The fraction of sp³-hybridized carbons (Fsp3) is 0.647. The highest BCUT2D eigenvalue weighted by atomic mass is 19.1. The van der Waals surface area contributed by atoms with Gasteiger partial charge in [-0.25, -0.2) is 4.39 Å². The summed E-state index contributed by atoms with van der Waals surface area (Å²) in [6.07, 6.45) is 2.56. The quantitative estimate of drug-likeness (QED) is 0.822. The van der Waals surface area contributed by atoms with Gasteiger partial charge in [0.2, 0.25) is 0 Å². The summed E-state index contributed by atoms with van der Waals surface area (Å²) in [5.74, 6) is 1.18. The Kier molecular flexibility index (Phi) is 5.17. The first-order valence-corrected chi connectivity index (χ1v) is 7.64. The van der Waals surface area contributed by atoms with Gasteiger partial charge < -0.3 is 10.2 Å². The first-order chi connectivity index (χ1) is 9.49. The van der Waals surface area contributed by atoms with Gasteiger partial charge in [0, 0.05) is 18.6 Å². The lowest BCUT2D eigenvalue weighted by atomic mass is 9.99. The summed E-state index contributed by atoms with van der Waals surface area (Å²) in [5.41, 5.74) is 1.22. The first kappa shape index (κ1) is 15.5. The van der Waals surface area contributed by atoms with Crippen LogP contribution in [0.4, 0.5) is 4.39 Å². The van der Waals surface area contributed by atoms with Gasteiger partial charge in [-0.05, 0) is 56.5 Å². The second kappa shape index (κ2) is 6.68. The highest BCUT2D eigenvalue weighted by molar-refractivity contribution is 5.22. The normalized spacial score (nSPS) is 18.6. The Morgan fingerprint density at radius 3 is 2.25 bits per heavy atom. The van der Waals surface area contributed by atoms with Gasteiger partial charge in [-0.3, -0.25) is 0 Å². The molecular weight excluding hydrogens is 251 g/mol. The van der Waals surface area contributed by atoms with Crippen molar-refractivity contribution in [3.05, 3.63) is 35.6 Å². The molecule has 1 aromatic rings. The summed E-state index contributed by atoms with van der Waals surface area (Å²) < 4.78 is 13.1. The van der Waals surface area contributed by atoms with Crippen molar-refractivity contribution in [3.8, 4) is 0 Å². The summed E-state index contributed by atoms with van der Waals surface area (Å²) in [5, 5.41) is 3.72. The van der Waals surface area contributed by atoms with Crippen LogP contribution in [0.25, 0.3) is 0 Å². The Hall–Kier alpha value is -0.930. The van der Waals surface area contributed by atoms with E-state index >= 15 is 0 Å². The molecule has 3 heteroatoms. The third-order valence-electron chi connectivity index (χ3n) is 4.30. The van der Waals surface area contributed by atoms with Crippen LogP contribution in [0, 0.1) is 17.7 Å². The number of halogens is 1. The minimum Gasteiger partial charge on any atom is -0.308 e. The fourth-order valence-electron chi connectivity index (χ4n) is 2.92. The van der Waals surface area contributed by atoms with Crippen LogP contribution in [0.15, 0.2) is 24.3 Å². The van der Waals surface area contributed by atoms with Crippen LogP contribution < -0.4 is 5.32 Å². The Bertz CT molecular complexity index is 402. The monoisotopic (exact) mass is 278 g/mol. The molecule has 1 fully saturated rings. The standard InChI is InChI=1S/C17H27FN2/c1-12(2)16(20(3)4)11-19-17(13-5-6-13)14-7-9-15(18)10-8-14/h7-10,12-13,16-17,19H,5-6,11H2,1-4H3. The van der Waals surface area contributed by atoms with E-state index in [1.807, 2.05) is 12.1 Å². The molecule has 1 aliphatic carbocycles. The van der Waals surface area contributed by atoms with E-state index in [1.54, 1.807) is 12.1 Å². The van der Waals surface area contributed by atoms with Crippen LogP contribution in [0.3, 0.4) is 0 Å². The fourth-order valence-corrected chi connectivity index (χ4v) is 2.92. The number of hydrogen-bond acceptors (Lipinski definition) is 2. The minimum atomic E-state index is -0.156. The van der Waals surface area contributed by atoms with Crippen LogP contribution in [0.2, 0.25) is 0 Å². The number of nitrogens with one attached hydrogen (secondary N) is 1. The predicted molar refractivity (Wildman–Crippen MR) is 82.2 cm³/mol. The predicted octanol–water partition coefficient (Wildman–Crippen LogP) is 3.45. The van der Waals surface area contributed by atoms with Crippen molar-refractivity contribution in [2.24, 2.45) is 11.8 Å². The molecule has 0 aliphatic heterocycles. The Morgan fingerprint density at radius 2 is 1.80 bits per heavy atom. The maximum absolute atomic E-state index is 13.1. The topological polar surface area (TPSA) is 15.3 Å². The molecule has 20 heavy (non-hydrogen) atoms. The molecule has 2 atom stereocenters. The van der Waals surface area contributed by atoms with Crippen LogP contribution in [0.5, 0.6) is 0 Å². The SMILES string of the molecule is CC(C)C(CNC(c1ccc(F)cc1)C1CC1)N(C)C. The third-order valence-corrected chi connectivity index (χ3v) is 4.30. The highest BCUT2D eigenvalue weighted by Gasteiger charge is 2.32. The van der Waals surface area contributed by atoms with Gasteiger partial charge >= 0.3 is 0 Å². The Balaban J connectivity index is 2.01.